The van der Waals surface area contributed by atoms with Crippen molar-refractivity contribution < 1.29 is 14.3 Å². The Morgan fingerprint density at radius 3 is 2.33 bits per heavy atom. The van der Waals surface area contributed by atoms with E-state index in [1.807, 2.05) is 110 Å². The van der Waals surface area contributed by atoms with Crippen molar-refractivity contribution in [2.24, 2.45) is 4.99 Å². The highest BCUT2D eigenvalue weighted by Crippen LogP contribution is 2.40. The molecule has 1 aliphatic heterocycles. The van der Waals surface area contributed by atoms with Crippen LogP contribution in [0.2, 0.25) is 0 Å². The molecular weight excluding hydrogens is 687 g/mol. The van der Waals surface area contributed by atoms with E-state index >= 15 is 0 Å². The molecule has 0 radical (unpaired) electrons. The number of rotatable bonds is 8. The van der Waals surface area contributed by atoms with Gasteiger partial charge in [-0.15, -0.1) is 0 Å². The number of amidine groups is 1. The van der Waals surface area contributed by atoms with Crippen LogP contribution in [-0.2, 0) is 11.4 Å². The van der Waals surface area contributed by atoms with E-state index in [9.17, 15) is 4.79 Å². The highest BCUT2D eigenvalue weighted by molar-refractivity contribution is 14.1. The minimum atomic E-state index is -0.121. The summed E-state index contributed by atoms with van der Waals surface area (Å²) in [6.45, 7) is 2.86. The van der Waals surface area contributed by atoms with Gasteiger partial charge in [-0.05, 0) is 107 Å². The molecule has 0 atom stereocenters. The van der Waals surface area contributed by atoms with E-state index in [1.165, 1.54) is 11.8 Å². The smallest absolute Gasteiger partial charge is 0.271 e. The summed E-state index contributed by atoms with van der Waals surface area (Å²) in [5.41, 5.74) is 3.47. The quantitative estimate of drug-likeness (QED) is 0.136. The number of thioether (sulfide) groups is 1. The number of hydrogen-bond acceptors (Lipinski definition) is 5. The number of para-hydroxylation sites is 2. The van der Waals surface area contributed by atoms with E-state index in [-0.39, 0.29) is 5.91 Å². The van der Waals surface area contributed by atoms with Gasteiger partial charge in [-0.2, -0.15) is 0 Å². The summed E-state index contributed by atoms with van der Waals surface area (Å²) in [4.78, 5) is 20.7. The molecule has 0 unspecified atom stereocenters. The molecule has 39 heavy (non-hydrogen) atoms. The Kier molecular flexibility index (Phi) is 9.06. The van der Waals surface area contributed by atoms with E-state index in [4.69, 9.17) is 14.5 Å². The zero-order valence-corrected chi connectivity index (χ0v) is 25.6. The van der Waals surface area contributed by atoms with Gasteiger partial charge in [0.25, 0.3) is 5.91 Å². The molecule has 5 rings (SSSR count). The maximum atomic E-state index is 13.7. The normalized spacial score (nSPS) is 15.3. The third kappa shape index (κ3) is 6.74. The maximum absolute atomic E-state index is 13.7. The average Bonchev–Trinajstić information content (AvgIpc) is 3.24. The van der Waals surface area contributed by atoms with E-state index in [2.05, 4.69) is 38.5 Å². The van der Waals surface area contributed by atoms with E-state index < -0.39 is 0 Å². The predicted octanol–water partition coefficient (Wildman–Crippen LogP) is 8.84. The molecule has 0 saturated carbocycles. The lowest BCUT2D eigenvalue weighted by atomic mass is 10.1. The standard InChI is InChI=1S/C31H24BrIN2O3S/c1-2-37-27-18-22(17-26(33)29(27)38-20-21-13-15-23(32)16-14-21)19-28-30(36)35(25-11-7-4-8-12-25)31(39-28)34-24-9-5-3-6-10-24/h3-19H,2,20H2,1H3/b28-19-,34-31?. The SMILES string of the molecule is CCOc1cc(/C=C2\SC(=Nc3ccccc3)N(c3ccccc3)C2=O)cc(I)c1OCc1ccc(Br)cc1. The summed E-state index contributed by atoms with van der Waals surface area (Å²) in [5, 5.41) is 0.609. The summed E-state index contributed by atoms with van der Waals surface area (Å²) >= 11 is 7.08. The van der Waals surface area contributed by atoms with Crippen LogP contribution in [-0.4, -0.2) is 17.7 Å². The van der Waals surface area contributed by atoms with Crippen LogP contribution in [0.4, 0.5) is 11.4 Å². The summed E-state index contributed by atoms with van der Waals surface area (Å²) in [5.74, 6) is 1.21. The van der Waals surface area contributed by atoms with Crippen LogP contribution < -0.4 is 14.4 Å². The molecule has 1 saturated heterocycles. The predicted molar refractivity (Wildman–Crippen MR) is 172 cm³/mol. The van der Waals surface area contributed by atoms with Crippen molar-refractivity contribution in [3.63, 3.8) is 0 Å². The van der Waals surface area contributed by atoms with Gasteiger partial charge in [0.2, 0.25) is 0 Å². The fourth-order valence-electron chi connectivity index (χ4n) is 3.93. The molecule has 1 amide bonds. The van der Waals surface area contributed by atoms with Crippen LogP contribution >= 0.6 is 50.3 Å². The second-order valence-electron chi connectivity index (χ2n) is 8.49. The number of anilines is 1. The van der Waals surface area contributed by atoms with Crippen molar-refractivity contribution in [1.82, 2.24) is 0 Å². The molecule has 5 nitrogen and oxygen atoms in total. The minimum Gasteiger partial charge on any atom is -0.490 e. The molecule has 0 bridgehead atoms. The largest absolute Gasteiger partial charge is 0.490 e. The number of amides is 1. The zero-order valence-electron chi connectivity index (χ0n) is 21.0. The fourth-order valence-corrected chi connectivity index (χ4v) is 5.97. The van der Waals surface area contributed by atoms with Gasteiger partial charge in [0, 0.05) is 4.47 Å². The Morgan fingerprint density at radius 2 is 1.64 bits per heavy atom. The third-order valence-corrected chi connectivity index (χ3v) is 8.03. The molecule has 196 valence electrons. The molecule has 1 fully saturated rings. The molecule has 8 heteroatoms. The molecule has 0 spiro atoms. The summed E-state index contributed by atoms with van der Waals surface area (Å²) < 4.78 is 14.1. The third-order valence-electron chi connectivity index (χ3n) is 5.73. The molecule has 4 aromatic rings. The van der Waals surface area contributed by atoms with Gasteiger partial charge in [0.15, 0.2) is 16.7 Å². The lowest BCUT2D eigenvalue weighted by Gasteiger charge is -2.15. The number of carbonyl (C=O) groups excluding carboxylic acids is 1. The Hall–Kier alpha value is -3.08. The lowest BCUT2D eigenvalue weighted by molar-refractivity contribution is -0.113. The monoisotopic (exact) mass is 710 g/mol. The highest BCUT2D eigenvalue weighted by Gasteiger charge is 2.34. The van der Waals surface area contributed by atoms with Crippen molar-refractivity contribution in [3.8, 4) is 11.5 Å². The average molecular weight is 711 g/mol. The van der Waals surface area contributed by atoms with Gasteiger partial charge in [-0.3, -0.25) is 9.69 Å². The van der Waals surface area contributed by atoms with Gasteiger partial charge >= 0.3 is 0 Å². The number of hydrogen-bond donors (Lipinski definition) is 0. The molecule has 1 heterocycles. The summed E-state index contributed by atoms with van der Waals surface area (Å²) in [6.07, 6.45) is 1.89. The number of halogens is 2. The van der Waals surface area contributed by atoms with Crippen molar-refractivity contribution >= 4 is 78.8 Å². The Morgan fingerprint density at radius 1 is 0.949 bits per heavy atom. The van der Waals surface area contributed by atoms with Gasteiger partial charge < -0.3 is 9.47 Å². The van der Waals surface area contributed by atoms with Crippen molar-refractivity contribution in [3.05, 3.63) is 121 Å². The zero-order chi connectivity index (χ0) is 27.2. The summed E-state index contributed by atoms with van der Waals surface area (Å²) in [7, 11) is 0. The van der Waals surface area contributed by atoms with Crippen molar-refractivity contribution in [2.45, 2.75) is 13.5 Å². The fraction of sp³-hybridized carbons (Fsp3) is 0.0968. The lowest BCUT2D eigenvalue weighted by Crippen LogP contribution is -2.28. The molecular formula is C31H24BrIN2O3S. The molecule has 0 aromatic heterocycles. The molecule has 0 N–H and O–H groups in total. The van der Waals surface area contributed by atoms with Crippen LogP contribution in [0.1, 0.15) is 18.1 Å². The number of ether oxygens (including phenoxy) is 2. The van der Waals surface area contributed by atoms with Crippen LogP contribution in [0.5, 0.6) is 11.5 Å². The first kappa shape index (κ1) is 27.5. The van der Waals surface area contributed by atoms with Gasteiger partial charge in [-0.1, -0.05) is 64.5 Å². The van der Waals surface area contributed by atoms with Crippen LogP contribution in [0.25, 0.3) is 6.08 Å². The van der Waals surface area contributed by atoms with E-state index in [0.29, 0.717) is 34.8 Å². The minimum absolute atomic E-state index is 0.121. The van der Waals surface area contributed by atoms with Crippen molar-refractivity contribution in [2.75, 3.05) is 11.5 Å². The first-order valence-corrected chi connectivity index (χ1v) is 15.0. The maximum Gasteiger partial charge on any atom is 0.271 e. The first-order valence-electron chi connectivity index (χ1n) is 12.3. The van der Waals surface area contributed by atoms with Gasteiger partial charge in [0.1, 0.15) is 6.61 Å². The van der Waals surface area contributed by atoms with Gasteiger partial charge in [-0.25, -0.2) is 4.99 Å². The highest BCUT2D eigenvalue weighted by atomic mass is 127. The van der Waals surface area contributed by atoms with E-state index in [1.54, 1.807) is 4.90 Å². The van der Waals surface area contributed by atoms with Gasteiger partial charge in [0.05, 0.1) is 26.5 Å². The second-order valence-corrected chi connectivity index (χ2v) is 11.6. The number of benzene rings is 4. The van der Waals surface area contributed by atoms with Crippen LogP contribution in [0, 0.1) is 3.57 Å². The van der Waals surface area contributed by atoms with Crippen LogP contribution in [0.15, 0.2) is 111 Å². The van der Waals surface area contributed by atoms with E-state index in [0.717, 1.165) is 30.5 Å². The Bertz CT molecular complexity index is 1530. The number of carbonyl (C=O) groups is 1. The topological polar surface area (TPSA) is 51.1 Å². The molecule has 0 aliphatic carbocycles. The first-order chi connectivity index (χ1) is 19.0. The summed E-state index contributed by atoms with van der Waals surface area (Å²) in [6, 6.07) is 31.2. The number of aliphatic imine (C=N–C) groups is 1. The molecule has 1 aliphatic rings. The molecule has 4 aromatic carbocycles. The Balaban J connectivity index is 1.47. The Labute approximate surface area is 254 Å². The second kappa shape index (κ2) is 12.8. The van der Waals surface area contributed by atoms with Crippen molar-refractivity contribution in [1.29, 1.82) is 0 Å². The number of nitrogens with zero attached hydrogens (tertiary/aromatic N) is 2. The van der Waals surface area contributed by atoms with Crippen LogP contribution in [0.3, 0.4) is 0 Å².